The Morgan fingerprint density at radius 3 is 2.62 bits per heavy atom. The topological polar surface area (TPSA) is 44.8 Å². The van der Waals surface area contributed by atoms with Crippen LogP contribution in [0.15, 0.2) is 0 Å². The summed E-state index contributed by atoms with van der Waals surface area (Å²) in [5, 5.41) is 0. The summed E-state index contributed by atoms with van der Waals surface area (Å²) < 4.78 is 16.3. The number of fused-ring (bicyclic) bond motifs is 2. The average Bonchev–Trinajstić information content (AvgIpc) is 2.25. The molecule has 0 amide bonds. The number of hydrogen-bond acceptors (Lipinski definition) is 4. The largest absolute Gasteiger partial charge is 0.431 e. The standard InChI is InChI=1S/C9H12O4/c1-3-5-4(2)7-9(12-5)13-8(10)6(3)11-7/h3-7,9H,1-2H3/t3-,4+,5+,6+,7?,9?/m1/s1. The van der Waals surface area contributed by atoms with Crippen molar-refractivity contribution in [2.75, 3.05) is 0 Å². The lowest BCUT2D eigenvalue weighted by Gasteiger charge is -2.38. The highest BCUT2D eigenvalue weighted by Gasteiger charge is 2.59. The van der Waals surface area contributed by atoms with E-state index in [1.807, 2.05) is 6.92 Å². The van der Waals surface area contributed by atoms with Gasteiger partial charge in [0.05, 0.1) is 6.10 Å². The van der Waals surface area contributed by atoms with Crippen molar-refractivity contribution in [3.63, 3.8) is 0 Å². The van der Waals surface area contributed by atoms with E-state index in [1.54, 1.807) is 0 Å². The van der Waals surface area contributed by atoms with Crippen LogP contribution in [-0.4, -0.2) is 30.6 Å². The molecule has 0 aromatic rings. The maximum atomic E-state index is 11.3. The van der Waals surface area contributed by atoms with Crippen molar-refractivity contribution in [1.82, 2.24) is 0 Å². The Bertz CT molecular complexity index is 264. The van der Waals surface area contributed by atoms with Crippen LogP contribution in [0.5, 0.6) is 0 Å². The van der Waals surface area contributed by atoms with Crippen molar-refractivity contribution in [2.45, 2.75) is 38.4 Å². The minimum Gasteiger partial charge on any atom is -0.431 e. The fourth-order valence-corrected chi connectivity index (χ4v) is 2.59. The van der Waals surface area contributed by atoms with Gasteiger partial charge in [-0.3, -0.25) is 0 Å². The van der Waals surface area contributed by atoms with Crippen molar-refractivity contribution in [3.8, 4) is 0 Å². The third-order valence-corrected chi connectivity index (χ3v) is 3.36. The van der Waals surface area contributed by atoms with E-state index in [1.165, 1.54) is 0 Å². The lowest BCUT2D eigenvalue weighted by Crippen LogP contribution is -2.53. The summed E-state index contributed by atoms with van der Waals surface area (Å²) in [6, 6.07) is 0. The highest BCUT2D eigenvalue weighted by Crippen LogP contribution is 2.44. The van der Waals surface area contributed by atoms with E-state index in [9.17, 15) is 4.79 Å². The first-order chi connectivity index (χ1) is 6.18. The van der Waals surface area contributed by atoms with Crippen LogP contribution in [0.25, 0.3) is 0 Å². The summed E-state index contributed by atoms with van der Waals surface area (Å²) in [5.74, 6) is 0.193. The molecule has 3 heterocycles. The third-order valence-electron chi connectivity index (χ3n) is 3.36. The number of hydrogen-bond donors (Lipinski definition) is 0. The molecule has 4 heteroatoms. The van der Waals surface area contributed by atoms with Crippen LogP contribution in [0, 0.1) is 11.8 Å². The molecule has 6 atom stereocenters. The van der Waals surface area contributed by atoms with Crippen molar-refractivity contribution in [2.24, 2.45) is 11.8 Å². The van der Waals surface area contributed by atoms with Gasteiger partial charge in [0.25, 0.3) is 0 Å². The van der Waals surface area contributed by atoms with Crippen molar-refractivity contribution < 1.29 is 19.0 Å². The molecule has 0 radical (unpaired) electrons. The molecule has 13 heavy (non-hydrogen) atoms. The second-order valence-corrected chi connectivity index (χ2v) is 4.15. The van der Waals surface area contributed by atoms with Gasteiger partial charge in [0.1, 0.15) is 6.10 Å². The molecule has 4 nitrogen and oxygen atoms in total. The van der Waals surface area contributed by atoms with Gasteiger partial charge >= 0.3 is 5.97 Å². The Morgan fingerprint density at radius 1 is 1.08 bits per heavy atom. The van der Waals surface area contributed by atoms with Gasteiger partial charge in [0.2, 0.25) is 6.29 Å². The SMILES string of the molecule is C[C@@H]1[C@@H]2OC3OC(=O)[C@H]1OC3[C@H]2C. The molecule has 72 valence electrons. The summed E-state index contributed by atoms with van der Waals surface area (Å²) in [6.07, 6.45) is -0.761. The number of carbonyl (C=O) groups is 1. The number of carbonyl (C=O) groups excluding carboxylic acids is 1. The van der Waals surface area contributed by atoms with Crippen LogP contribution in [0.4, 0.5) is 0 Å². The quantitative estimate of drug-likeness (QED) is 0.508. The molecule has 3 saturated heterocycles. The van der Waals surface area contributed by atoms with Gasteiger partial charge < -0.3 is 14.2 Å². The highest BCUT2D eigenvalue weighted by molar-refractivity contribution is 5.76. The first kappa shape index (κ1) is 7.76. The molecule has 0 aliphatic carbocycles. The van der Waals surface area contributed by atoms with Crippen LogP contribution in [0.2, 0.25) is 0 Å². The van der Waals surface area contributed by atoms with E-state index < -0.39 is 12.4 Å². The predicted molar refractivity (Wildman–Crippen MR) is 41.7 cm³/mol. The molecular formula is C9H12O4. The van der Waals surface area contributed by atoms with Crippen LogP contribution in [0.3, 0.4) is 0 Å². The zero-order valence-electron chi connectivity index (χ0n) is 7.60. The molecule has 0 aromatic heterocycles. The highest BCUT2D eigenvalue weighted by atomic mass is 16.8. The van der Waals surface area contributed by atoms with Crippen LogP contribution >= 0.6 is 0 Å². The Kier molecular flexibility index (Phi) is 1.34. The minimum absolute atomic E-state index is 0.0381. The molecule has 0 aromatic carbocycles. The summed E-state index contributed by atoms with van der Waals surface area (Å²) >= 11 is 0. The lowest BCUT2D eigenvalue weighted by atomic mass is 9.84. The Morgan fingerprint density at radius 2 is 1.85 bits per heavy atom. The maximum absolute atomic E-state index is 11.3. The summed E-state index contributed by atoms with van der Waals surface area (Å²) in [4.78, 5) is 11.3. The fourth-order valence-electron chi connectivity index (χ4n) is 2.59. The second kappa shape index (κ2) is 2.25. The zero-order chi connectivity index (χ0) is 9.16. The summed E-state index contributed by atoms with van der Waals surface area (Å²) in [6.45, 7) is 4.07. The smallest absolute Gasteiger partial charge is 0.338 e. The van der Waals surface area contributed by atoms with Gasteiger partial charge in [-0.15, -0.1) is 0 Å². The van der Waals surface area contributed by atoms with Crippen molar-refractivity contribution in [1.29, 1.82) is 0 Å². The van der Waals surface area contributed by atoms with E-state index in [0.717, 1.165) is 0 Å². The third kappa shape index (κ3) is 0.802. The normalized spacial score (nSPS) is 58.2. The molecule has 3 fully saturated rings. The lowest BCUT2D eigenvalue weighted by molar-refractivity contribution is -0.225. The number of ether oxygens (including phenoxy) is 3. The van der Waals surface area contributed by atoms with Crippen LogP contribution in [0.1, 0.15) is 13.8 Å². The number of esters is 1. The molecular weight excluding hydrogens is 172 g/mol. The van der Waals surface area contributed by atoms with E-state index in [4.69, 9.17) is 14.2 Å². The number of rotatable bonds is 0. The van der Waals surface area contributed by atoms with Crippen molar-refractivity contribution >= 4 is 5.97 Å². The first-order valence-electron chi connectivity index (χ1n) is 4.70. The summed E-state index contributed by atoms with van der Waals surface area (Å²) in [7, 11) is 0. The Labute approximate surface area is 76.1 Å². The van der Waals surface area contributed by atoms with E-state index in [2.05, 4.69) is 6.92 Å². The molecule has 0 saturated carbocycles. The van der Waals surface area contributed by atoms with Gasteiger partial charge in [0.15, 0.2) is 6.10 Å². The van der Waals surface area contributed by atoms with Gasteiger partial charge in [-0.2, -0.15) is 0 Å². The first-order valence-corrected chi connectivity index (χ1v) is 4.70. The molecule has 2 unspecified atom stereocenters. The Hall–Kier alpha value is -0.610. The van der Waals surface area contributed by atoms with Gasteiger partial charge in [-0.1, -0.05) is 13.8 Å². The molecule has 3 aliphatic rings. The molecule has 0 spiro atoms. The second-order valence-electron chi connectivity index (χ2n) is 4.15. The predicted octanol–water partition coefficient (Wildman–Crippen LogP) is 0.308. The van der Waals surface area contributed by atoms with E-state index >= 15 is 0 Å². The minimum atomic E-state index is -0.450. The molecule has 3 bridgehead atoms. The summed E-state index contributed by atoms with van der Waals surface area (Å²) in [5.41, 5.74) is 0. The monoisotopic (exact) mass is 184 g/mol. The van der Waals surface area contributed by atoms with E-state index in [0.29, 0.717) is 5.92 Å². The van der Waals surface area contributed by atoms with Gasteiger partial charge in [0, 0.05) is 11.8 Å². The maximum Gasteiger partial charge on any atom is 0.338 e. The average molecular weight is 184 g/mol. The molecule has 3 aliphatic heterocycles. The fraction of sp³-hybridized carbons (Fsp3) is 0.889. The van der Waals surface area contributed by atoms with E-state index in [-0.39, 0.29) is 24.1 Å². The Balaban J connectivity index is 2.02. The van der Waals surface area contributed by atoms with Crippen molar-refractivity contribution in [3.05, 3.63) is 0 Å². The van der Waals surface area contributed by atoms with Crippen LogP contribution in [-0.2, 0) is 19.0 Å². The van der Waals surface area contributed by atoms with Crippen LogP contribution < -0.4 is 0 Å². The molecule has 3 rings (SSSR count). The molecule has 0 N–H and O–H groups in total. The zero-order valence-corrected chi connectivity index (χ0v) is 7.60. The van der Waals surface area contributed by atoms with Gasteiger partial charge in [-0.05, 0) is 0 Å². The van der Waals surface area contributed by atoms with Gasteiger partial charge in [-0.25, -0.2) is 4.79 Å².